The predicted molar refractivity (Wildman–Crippen MR) is 93.3 cm³/mol. The van der Waals surface area contributed by atoms with E-state index in [1.54, 1.807) is 5.01 Å². The smallest absolute Gasteiger partial charge is 0.267 e. The summed E-state index contributed by atoms with van der Waals surface area (Å²) in [5.74, 6) is -0.0677. The third-order valence-corrected chi connectivity index (χ3v) is 5.34. The molecule has 0 bridgehead atoms. The predicted octanol–water partition coefficient (Wildman–Crippen LogP) is 4.46. The van der Waals surface area contributed by atoms with Gasteiger partial charge in [-0.05, 0) is 31.5 Å². The van der Waals surface area contributed by atoms with Crippen molar-refractivity contribution in [3.63, 3.8) is 0 Å². The number of amides is 1. The van der Waals surface area contributed by atoms with Gasteiger partial charge in [-0.15, -0.1) is 0 Å². The first-order valence-corrected chi connectivity index (χ1v) is 7.90. The average Bonchev–Trinajstić information content (AvgIpc) is 2.77. The first kappa shape index (κ1) is 15.5. The number of hydrazone groups is 1. The van der Waals surface area contributed by atoms with E-state index in [9.17, 15) is 4.79 Å². The lowest BCUT2D eigenvalue weighted by molar-refractivity contribution is 0.0373. The quantitative estimate of drug-likeness (QED) is 0.806. The number of benzene rings is 2. The molecule has 0 radical (unpaired) electrons. The van der Waals surface area contributed by atoms with E-state index in [0.29, 0.717) is 5.56 Å². The number of hydrogen-bond acceptors (Lipinski definition) is 2. The van der Waals surface area contributed by atoms with Gasteiger partial charge in [0.2, 0.25) is 0 Å². The standard InChI is InChI=1S/C20H22N2O/c1-15-19(2,3)20(4,17-13-9-6-10-14-17)22(21-15)18(23)16-11-7-5-8-12-16/h5-14H,1-4H3. The van der Waals surface area contributed by atoms with Crippen molar-refractivity contribution in [2.75, 3.05) is 0 Å². The van der Waals surface area contributed by atoms with E-state index >= 15 is 0 Å². The molecular formula is C20H22N2O. The van der Waals surface area contributed by atoms with Gasteiger partial charge in [0.15, 0.2) is 0 Å². The number of nitrogens with zero attached hydrogens (tertiary/aromatic N) is 2. The molecule has 1 aliphatic rings. The number of carbonyl (C=O) groups is 1. The fourth-order valence-corrected chi connectivity index (χ4v) is 3.19. The van der Waals surface area contributed by atoms with E-state index in [1.165, 1.54) is 0 Å². The van der Waals surface area contributed by atoms with Gasteiger partial charge in [-0.3, -0.25) is 4.79 Å². The summed E-state index contributed by atoms with van der Waals surface area (Å²) in [6, 6.07) is 19.5. The van der Waals surface area contributed by atoms with Crippen LogP contribution in [0, 0.1) is 5.41 Å². The normalized spacial score (nSPS) is 22.8. The van der Waals surface area contributed by atoms with E-state index in [4.69, 9.17) is 0 Å². The molecule has 3 rings (SSSR count). The van der Waals surface area contributed by atoms with Crippen LogP contribution in [0.15, 0.2) is 65.8 Å². The molecule has 1 aliphatic heterocycles. The maximum atomic E-state index is 13.1. The molecule has 1 unspecified atom stereocenters. The lowest BCUT2D eigenvalue weighted by atomic mass is 9.67. The zero-order chi connectivity index (χ0) is 16.7. The summed E-state index contributed by atoms with van der Waals surface area (Å²) >= 11 is 0. The first-order chi connectivity index (χ1) is 10.9. The monoisotopic (exact) mass is 306 g/mol. The molecule has 2 aromatic rings. The van der Waals surface area contributed by atoms with Crippen molar-refractivity contribution in [3.8, 4) is 0 Å². The molecule has 0 aliphatic carbocycles. The Balaban J connectivity index is 2.13. The highest BCUT2D eigenvalue weighted by molar-refractivity contribution is 6.00. The topological polar surface area (TPSA) is 32.7 Å². The first-order valence-electron chi connectivity index (χ1n) is 7.90. The van der Waals surface area contributed by atoms with Gasteiger partial charge in [-0.2, -0.15) is 5.10 Å². The van der Waals surface area contributed by atoms with Crippen LogP contribution in [-0.4, -0.2) is 16.6 Å². The minimum absolute atomic E-state index is 0.0677. The van der Waals surface area contributed by atoms with Crippen molar-refractivity contribution in [1.29, 1.82) is 0 Å². The molecule has 3 nitrogen and oxygen atoms in total. The molecule has 0 N–H and O–H groups in total. The van der Waals surface area contributed by atoms with E-state index in [2.05, 4.69) is 38.0 Å². The van der Waals surface area contributed by atoms with E-state index in [0.717, 1.165) is 11.3 Å². The van der Waals surface area contributed by atoms with E-state index < -0.39 is 5.54 Å². The van der Waals surface area contributed by atoms with Crippen molar-refractivity contribution in [2.24, 2.45) is 10.5 Å². The van der Waals surface area contributed by atoms with Crippen LogP contribution in [0.3, 0.4) is 0 Å². The number of rotatable bonds is 2. The third kappa shape index (κ3) is 2.19. The highest BCUT2D eigenvalue weighted by Crippen LogP contribution is 2.50. The summed E-state index contributed by atoms with van der Waals surface area (Å²) in [6.07, 6.45) is 0. The molecule has 1 amide bonds. The fourth-order valence-electron chi connectivity index (χ4n) is 3.19. The van der Waals surface area contributed by atoms with Crippen molar-refractivity contribution < 1.29 is 4.79 Å². The Hall–Kier alpha value is -2.42. The lowest BCUT2D eigenvalue weighted by Gasteiger charge is -2.43. The SMILES string of the molecule is CC1=NN(C(=O)c2ccccc2)C(C)(c2ccccc2)C1(C)C. The Morgan fingerprint density at radius 2 is 1.43 bits per heavy atom. The second-order valence-corrected chi connectivity index (χ2v) is 6.73. The average molecular weight is 306 g/mol. The molecule has 1 atom stereocenters. The Morgan fingerprint density at radius 1 is 0.913 bits per heavy atom. The van der Waals surface area contributed by atoms with Crippen molar-refractivity contribution in [1.82, 2.24) is 5.01 Å². The number of hydrogen-bond donors (Lipinski definition) is 0. The summed E-state index contributed by atoms with van der Waals surface area (Å²) < 4.78 is 0. The van der Waals surface area contributed by atoms with Gasteiger partial charge < -0.3 is 0 Å². The van der Waals surface area contributed by atoms with Gasteiger partial charge in [0.25, 0.3) is 5.91 Å². The molecule has 118 valence electrons. The fraction of sp³-hybridized carbons (Fsp3) is 0.300. The molecule has 3 heteroatoms. The lowest BCUT2D eigenvalue weighted by Crippen LogP contribution is -2.50. The van der Waals surface area contributed by atoms with Crippen LogP contribution in [0.5, 0.6) is 0 Å². The molecule has 0 saturated heterocycles. The summed E-state index contributed by atoms with van der Waals surface area (Å²) in [6.45, 7) is 8.40. The number of carbonyl (C=O) groups excluding carboxylic acids is 1. The van der Waals surface area contributed by atoms with Crippen LogP contribution < -0.4 is 0 Å². The van der Waals surface area contributed by atoms with Crippen LogP contribution in [0.25, 0.3) is 0 Å². The minimum Gasteiger partial charge on any atom is -0.267 e. The zero-order valence-corrected chi connectivity index (χ0v) is 14.1. The Bertz CT molecular complexity index is 750. The molecule has 23 heavy (non-hydrogen) atoms. The maximum Gasteiger partial charge on any atom is 0.274 e. The van der Waals surface area contributed by atoms with Gasteiger partial charge >= 0.3 is 0 Å². The Morgan fingerprint density at radius 3 is 2.00 bits per heavy atom. The van der Waals surface area contributed by atoms with Gasteiger partial charge in [0.1, 0.15) is 0 Å². The maximum absolute atomic E-state index is 13.1. The molecule has 0 fully saturated rings. The second kappa shape index (κ2) is 5.34. The van der Waals surface area contributed by atoms with Crippen LogP contribution in [-0.2, 0) is 5.54 Å². The van der Waals surface area contributed by atoms with E-state index in [1.807, 2.05) is 55.5 Å². The molecule has 2 aromatic carbocycles. The molecular weight excluding hydrogens is 284 g/mol. The third-order valence-electron chi connectivity index (χ3n) is 5.34. The van der Waals surface area contributed by atoms with Crippen molar-refractivity contribution >= 4 is 11.6 Å². The van der Waals surface area contributed by atoms with Gasteiger partial charge in [0, 0.05) is 16.7 Å². The van der Waals surface area contributed by atoms with Crippen molar-refractivity contribution in [2.45, 2.75) is 33.2 Å². The van der Waals surface area contributed by atoms with Crippen LogP contribution in [0.2, 0.25) is 0 Å². The van der Waals surface area contributed by atoms with Crippen LogP contribution in [0.1, 0.15) is 43.6 Å². The summed E-state index contributed by atoms with van der Waals surface area (Å²) in [7, 11) is 0. The minimum atomic E-state index is -0.523. The van der Waals surface area contributed by atoms with Crippen molar-refractivity contribution in [3.05, 3.63) is 71.8 Å². The van der Waals surface area contributed by atoms with E-state index in [-0.39, 0.29) is 11.3 Å². The summed E-state index contributed by atoms with van der Waals surface area (Å²) in [5, 5.41) is 6.31. The summed E-state index contributed by atoms with van der Waals surface area (Å²) in [5.41, 5.74) is 1.94. The zero-order valence-electron chi connectivity index (χ0n) is 14.1. The van der Waals surface area contributed by atoms with Crippen LogP contribution in [0.4, 0.5) is 0 Å². The van der Waals surface area contributed by atoms with Gasteiger partial charge in [-0.1, -0.05) is 62.4 Å². The van der Waals surface area contributed by atoms with Gasteiger partial charge in [-0.25, -0.2) is 5.01 Å². The van der Waals surface area contributed by atoms with Gasteiger partial charge in [0.05, 0.1) is 5.54 Å². The molecule has 0 spiro atoms. The molecule has 0 aromatic heterocycles. The second-order valence-electron chi connectivity index (χ2n) is 6.73. The molecule has 0 saturated carbocycles. The molecule has 1 heterocycles. The van der Waals surface area contributed by atoms with Crippen LogP contribution >= 0.6 is 0 Å². The Kier molecular flexibility index (Phi) is 3.59. The summed E-state index contributed by atoms with van der Waals surface area (Å²) in [4.78, 5) is 13.1. The highest BCUT2D eigenvalue weighted by atomic mass is 16.2. The highest BCUT2D eigenvalue weighted by Gasteiger charge is 2.55. The largest absolute Gasteiger partial charge is 0.274 e. The Labute approximate surface area is 137 Å².